The van der Waals surface area contributed by atoms with Gasteiger partial charge in [0.05, 0.1) is 11.3 Å². The van der Waals surface area contributed by atoms with Gasteiger partial charge in [-0.25, -0.2) is 13.2 Å². The molecule has 3 N–H and O–H groups in total. The van der Waals surface area contributed by atoms with Gasteiger partial charge in [-0.05, 0) is 29.8 Å². The van der Waals surface area contributed by atoms with E-state index in [0.717, 1.165) is 18.2 Å². The monoisotopic (exact) mass is 280 g/mol. The number of amides is 1. The Morgan fingerprint density at radius 1 is 1.10 bits per heavy atom. The SMILES string of the molecule is NCc1ccc(NC(=O)c2cccc(F)c2F)c(F)c1. The van der Waals surface area contributed by atoms with Crippen LogP contribution < -0.4 is 11.1 Å². The van der Waals surface area contributed by atoms with Crippen molar-refractivity contribution < 1.29 is 18.0 Å². The second kappa shape index (κ2) is 5.75. The van der Waals surface area contributed by atoms with Crippen LogP contribution in [0.2, 0.25) is 0 Å². The lowest BCUT2D eigenvalue weighted by Gasteiger charge is -2.08. The van der Waals surface area contributed by atoms with Crippen LogP contribution >= 0.6 is 0 Å². The minimum Gasteiger partial charge on any atom is -0.326 e. The lowest BCUT2D eigenvalue weighted by Crippen LogP contribution is -2.15. The third-order valence-corrected chi connectivity index (χ3v) is 2.71. The van der Waals surface area contributed by atoms with Crippen LogP contribution in [0.5, 0.6) is 0 Å². The normalized spacial score (nSPS) is 10.4. The zero-order valence-electron chi connectivity index (χ0n) is 10.3. The minimum atomic E-state index is -1.27. The van der Waals surface area contributed by atoms with Gasteiger partial charge in [0.2, 0.25) is 0 Å². The minimum absolute atomic E-state index is 0.129. The van der Waals surface area contributed by atoms with Crippen LogP contribution in [-0.4, -0.2) is 5.91 Å². The van der Waals surface area contributed by atoms with Crippen LogP contribution in [0.1, 0.15) is 15.9 Å². The molecule has 0 aliphatic heterocycles. The van der Waals surface area contributed by atoms with Crippen LogP contribution in [0.15, 0.2) is 36.4 Å². The topological polar surface area (TPSA) is 55.1 Å². The summed E-state index contributed by atoms with van der Waals surface area (Å²) in [5.41, 5.74) is 5.28. The van der Waals surface area contributed by atoms with Crippen LogP contribution in [0.3, 0.4) is 0 Å². The Morgan fingerprint density at radius 3 is 2.50 bits per heavy atom. The molecule has 0 heterocycles. The maximum atomic E-state index is 13.7. The van der Waals surface area contributed by atoms with E-state index in [1.54, 1.807) is 0 Å². The summed E-state index contributed by atoms with van der Waals surface area (Å²) < 4.78 is 40.1. The van der Waals surface area contributed by atoms with Crippen molar-refractivity contribution >= 4 is 11.6 Å². The van der Waals surface area contributed by atoms with Gasteiger partial charge in [0.15, 0.2) is 11.6 Å². The molecule has 2 aromatic carbocycles. The molecule has 20 heavy (non-hydrogen) atoms. The molecule has 0 spiro atoms. The predicted octanol–water partition coefficient (Wildman–Crippen LogP) is 2.81. The van der Waals surface area contributed by atoms with Crippen molar-refractivity contribution in [2.75, 3.05) is 5.32 Å². The summed E-state index contributed by atoms with van der Waals surface area (Å²) in [5, 5.41) is 2.18. The average Bonchev–Trinajstić information content (AvgIpc) is 2.44. The number of nitrogens with one attached hydrogen (secondary N) is 1. The molecular formula is C14H11F3N2O. The van der Waals surface area contributed by atoms with Crippen molar-refractivity contribution in [1.82, 2.24) is 0 Å². The summed E-state index contributed by atoms with van der Waals surface area (Å²) in [7, 11) is 0. The molecule has 0 aliphatic carbocycles. The summed E-state index contributed by atoms with van der Waals surface area (Å²) in [5.74, 6) is -4.04. The van der Waals surface area contributed by atoms with Gasteiger partial charge in [-0.2, -0.15) is 0 Å². The number of halogens is 3. The Kier molecular flexibility index (Phi) is 4.05. The Hall–Kier alpha value is -2.34. The Bertz CT molecular complexity index is 659. The first-order chi connectivity index (χ1) is 9.52. The number of rotatable bonds is 3. The molecule has 6 heteroatoms. The van der Waals surface area contributed by atoms with Crippen LogP contribution in [0.4, 0.5) is 18.9 Å². The Morgan fingerprint density at radius 2 is 1.85 bits per heavy atom. The first-order valence-corrected chi connectivity index (χ1v) is 5.76. The molecule has 0 aliphatic rings. The third kappa shape index (κ3) is 2.80. The number of carbonyl (C=O) groups is 1. The quantitative estimate of drug-likeness (QED) is 0.908. The fourth-order valence-electron chi connectivity index (χ4n) is 1.66. The number of benzene rings is 2. The second-order valence-electron chi connectivity index (χ2n) is 4.07. The van der Waals surface area contributed by atoms with Crippen molar-refractivity contribution in [1.29, 1.82) is 0 Å². The fraction of sp³-hybridized carbons (Fsp3) is 0.0714. The molecule has 0 radical (unpaired) electrons. The second-order valence-corrected chi connectivity index (χ2v) is 4.07. The van der Waals surface area contributed by atoms with E-state index < -0.39 is 28.9 Å². The number of hydrogen-bond acceptors (Lipinski definition) is 2. The zero-order chi connectivity index (χ0) is 14.7. The lowest BCUT2D eigenvalue weighted by atomic mass is 10.1. The standard InChI is InChI=1S/C14H11F3N2O/c15-10-3-1-2-9(13(10)17)14(20)19-12-5-4-8(7-18)6-11(12)16/h1-6H,7,18H2,(H,19,20). The van der Waals surface area contributed by atoms with Gasteiger partial charge >= 0.3 is 0 Å². The smallest absolute Gasteiger partial charge is 0.258 e. The number of nitrogens with two attached hydrogens (primary N) is 1. The molecule has 0 aromatic heterocycles. The summed E-state index contributed by atoms with van der Waals surface area (Å²) in [4.78, 5) is 11.8. The number of hydrogen-bond donors (Lipinski definition) is 2. The highest BCUT2D eigenvalue weighted by atomic mass is 19.2. The van der Waals surface area contributed by atoms with E-state index in [1.165, 1.54) is 18.2 Å². The van der Waals surface area contributed by atoms with Gasteiger partial charge in [-0.1, -0.05) is 12.1 Å². The van der Waals surface area contributed by atoms with Gasteiger partial charge < -0.3 is 11.1 Å². The molecule has 0 saturated carbocycles. The molecule has 2 aromatic rings. The van der Waals surface area contributed by atoms with E-state index in [0.29, 0.717) is 5.56 Å². The Labute approximate surface area is 113 Å². The van der Waals surface area contributed by atoms with E-state index >= 15 is 0 Å². The van der Waals surface area contributed by atoms with Crippen molar-refractivity contribution in [2.45, 2.75) is 6.54 Å². The van der Waals surface area contributed by atoms with E-state index in [1.807, 2.05) is 0 Å². The van der Waals surface area contributed by atoms with Crippen molar-refractivity contribution in [3.63, 3.8) is 0 Å². The van der Waals surface area contributed by atoms with Crippen molar-refractivity contribution in [2.24, 2.45) is 5.73 Å². The van der Waals surface area contributed by atoms with Gasteiger partial charge in [0.1, 0.15) is 5.82 Å². The molecule has 0 saturated heterocycles. The first kappa shape index (κ1) is 14.1. The summed E-state index contributed by atoms with van der Waals surface area (Å²) in [6, 6.07) is 7.20. The van der Waals surface area contributed by atoms with E-state index in [9.17, 15) is 18.0 Å². The molecule has 0 bridgehead atoms. The molecular weight excluding hydrogens is 269 g/mol. The number of carbonyl (C=O) groups excluding carboxylic acids is 1. The summed E-state index contributed by atoms with van der Waals surface area (Å²) in [6.07, 6.45) is 0. The average molecular weight is 280 g/mol. The first-order valence-electron chi connectivity index (χ1n) is 5.76. The van der Waals surface area contributed by atoms with Gasteiger partial charge in [0, 0.05) is 6.54 Å². The molecule has 2 rings (SSSR count). The molecule has 0 fully saturated rings. The van der Waals surface area contributed by atoms with E-state index in [2.05, 4.69) is 5.32 Å². The largest absolute Gasteiger partial charge is 0.326 e. The van der Waals surface area contributed by atoms with Gasteiger partial charge in [0.25, 0.3) is 5.91 Å². The van der Waals surface area contributed by atoms with E-state index in [-0.39, 0.29) is 12.2 Å². The van der Waals surface area contributed by atoms with Crippen LogP contribution in [-0.2, 0) is 6.54 Å². The summed E-state index contributed by atoms with van der Waals surface area (Å²) >= 11 is 0. The molecule has 0 atom stereocenters. The third-order valence-electron chi connectivity index (χ3n) is 2.71. The predicted molar refractivity (Wildman–Crippen MR) is 68.6 cm³/mol. The Balaban J connectivity index is 2.26. The maximum absolute atomic E-state index is 13.7. The lowest BCUT2D eigenvalue weighted by molar-refractivity contribution is 0.102. The molecule has 0 unspecified atom stereocenters. The van der Waals surface area contributed by atoms with Crippen molar-refractivity contribution in [3.8, 4) is 0 Å². The highest BCUT2D eigenvalue weighted by Gasteiger charge is 2.16. The fourth-order valence-corrected chi connectivity index (χ4v) is 1.66. The van der Waals surface area contributed by atoms with Gasteiger partial charge in [-0.3, -0.25) is 4.79 Å². The summed E-state index contributed by atoms with van der Waals surface area (Å²) in [6.45, 7) is 0.156. The van der Waals surface area contributed by atoms with Crippen LogP contribution in [0.25, 0.3) is 0 Å². The molecule has 1 amide bonds. The zero-order valence-corrected chi connectivity index (χ0v) is 10.3. The van der Waals surface area contributed by atoms with Crippen LogP contribution in [0, 0.1) is 17.5 Å². The van der Waals surface area contributed by atoms with E-state index in [4.69, 9.17) is 5.73 Å². The maximum Gasteiger partial charge on any atom is 0.258 e. The van der Waals surface area contributed by atoms with Gasteiger partial charge in [-0.15, -0.1) is 0 Å². The number of anilines is 1. The molecule has 3 nitrogen and oxygen atoms in total. The highest BCUT2D eigenvalue weighted by Crippen LogP contribution is 2.18. The van der Waals surface area contributed by atoms with Crippen molar-refractivity contribution in [3.05, 3.63) is 65.0 Å². The molecule has 104 valence electrons. The highest BCUT2D eigenvalue weighted by molar-refractivity contribution is 6.04.